The highest BCUT2D eigenvalue weighted by Crippen LogP contribution is 2.44. The standard InChI is InChI=1S/C37H52N2O6/c1-27(40)33(39-36(43)44-26-32-30-21-17-15-19-28(30)29-20-16-18-22-31(29)32)25-38-34(41)23-13-11-9-7-5-6-8-10-12-14-24-35(42)45-37(2,3)4/h15-22,32-33H,5-14,23-26H2,1-4H3,(H,38,41)(H,39,43)/t33-/m0/s1. The average molecular weight is 621 g/mol. The number of benzene rings is 2. The van der Waals surface area contributed by atoms with Crippen LogP contribution in [0.3, 0.4) is 0 Å². The number of amides is 2. The van der Waals surface area contributed by atoms with Crippen molar-refractivity contribution in [3.05, 3.63) is 59.7 Å². The number of ether oxygens (including phenoxy) is 2. The first-order valence-electron chi connectivity index (χ1n) is 16.7. The first-order valence-corrected chi connectivity index (χ1v) is 16.7. The van der Waals surface area contributed by atoms with Crippen LogP contribution in [0, 0.1) is 0 Å². The van der Waals surface area contributed by atoms with Crippen molar-refractivity contribution in [1.82, 2.24) is 10.6 Å². The number of fused-ring (bicyclic) bond motifs is 3. The molecule has 0 unspecified atom stereocenters. The Labute approximate surface area is 269 Å². The zero-order valence-electron chi connectivity index (χ0n) is 27.6. The summed E-state index contributed by atoms with van der Waals surface area (Å²) in [6.07, 6.45) is 10.9. The Balaban J connectivity index is 1.22. The molecule has 45 heavy (non-hydrogen) atoms. The third-order valence-corrected chi connectivity index (χ3v) is 8.08. The molecule has 2 aromatic rings. The summed E-state index contributed by atoms with van der Waals surface area (Å²) < 4.78 is 10.9. The molecule has 0 radical (unpaired) electrons. The molecule has 0 saturated heterocycles. The Bertz CT molecular complexity index is 1220. The van der Waals surface area contributed by atoms with Crippen LogP contribution in [-0.2, 0) is 23.9 Å². The fraction of sp³-hybridized carbons (Fsp3) is 0.568. The molecule has 2 amide bonds. The van der Waals surface area contributed by atoms with Gasteiger partial charge >= 0.3 is 12.1 Å². The highest BCUT2D eigenvalue weighted by atomic mass is 16.6. The Kier molecular flexibility index (Phi) is 14.6. The van der Waals surface area contributed by atoms with Crippen molar-refractivity contribution in [2.75, 3.05) is 13.2 Å². The second kappa shape index (κ2) is 18.3. The number of hydrogen-bond acceptors (Lipinski definition) is 6. The normalized spacial score (nSPS) is 13.0. The van der Waals surface area contributed by atoms with Gasteiger partial charge in [0.05, 0.1) is 0 Å². The van der Waals surface area contributed by atoms with Gasteiger partial charge in [-0.15, -0.1) is 0 Å². The van der Waals surface area contributed by atoms with Crippen molar-refractivity contribution in [1.29, 1.82) is 0 Å². The molecule has 0 heterocycles. The van der Waals surface area contributed by atoms with Crippen LogP contribution in [0.1, 0.15) is 122 Å². The lowest BCUT2D eigenvalue weighted by Crippen LogP contribution is -2.48. The van der Waals surface area contributed by atoms with Crippen molar-refractivity contribution < 1.29 is 28.7 Å². The molecule has 2 aromatic carbocycles. The van der Waals surface area contributed by atoms with Crippen molar-refractivity contribution in [2.24, 2.45) is 0 Å². The van der Waals surface area contributed by atoms with Gasteiger partial charge < -0.3 is 20.1 Å². The SMILES string of the molecule is CC(=O)[C@H](CNC(=O)CCCCCCCCCCCCC(=O)OC(C)(C)C)NC(=O)OCC1c2ccccc2-c2ccccc21. The lowest BCUT2D eigenvalue weighted by molar-refractivity contribution is -0.155. The number of carbonyl (C=O) groups is 4. The molecule has 0 aromatic heterocycles. The topological polar surface area (TPSA) is 111 Å². The maximum Gasteiger partial charge on any atom is 0.407 e. The van der Waals surface area contributed by atoms with Gasteiger partial charge in [-0.05, 0) is 62.8 Å². The molecule has 0 bridgehead atoms. The van der Waals surface area contributed by atoms with Crippen LogP contribution >= 0.6 is 0 Å². The Morgan fingerprint density at radius 3 is 1.73 bits per heavy atom. The van der Waals surface area contributed by atoms with E-state index >= 15 is 0 Å². The monoisotopic (exact) mass is 620 g/mol. The predicted octanol–water partition coefficient (Wildman–Crippen LogP) is 7.62. The summed E-state index contributed by atoms with van der Waals surface area (Å²) in [5.74, 6) is -0.547. The zero-order chi connectivity index (χ0) is 32.7. The smallest absolute Gasteiger partial charge is 0.407 e. The molecule has 3 rings (SSSR count). The molecule has 1 aliphatic carbocycles. The number of Topliss-reactive ketones (excluding diaryl/α,β-unsaturated/α-hetero) is 1. The molecule has 2 N–H and O–H groups in total. The van der Waals surface area contributed by atoms with E-state index in [9.17, 15) is 19.2 Å². The van der Waals surface area contributed by atoms with Crippen molar-refractivity contribution in [3.8, 4) is 11.1 Å². The van der Waals surface area contributed by atoms with Gasteiger partial charge in [-0.1, -0.05) is 99.9 Å². The van der Waals surface area contributed by atoms with E-state index in [2.05, 4.69) is 34.9 Å². The molecule has 1 aliphatic rings. The molecular formula is C37H52N2O6. The van der Waals surface area contributed by atoms with Gasteiger partial charge in [-0.25, -0.2) is 4.79 Å². The lowest BCUT2D eigenvalue weighted by Gasteiger charge is -2.19. The van der Waals surface area contributed by atoms with Crippen molar-refractivity contribution >= 4 is 23.8 Å². The van der Waals surface area contributed by atoms with Gasteiger partial charge in [0.25, 0.3) is 0 Å². The summed E-state index contributed by atoms with van der Waals surface area (Å²) in [5.41, 5.74) is 4.11. The second-order valence-electron chi connectivity index (χ2n) is 13.1. The van der Waals surface area contributed by atoms with E-state index < -0.39 is 17.7 Å². The van der Waals surface area contributed by atoms with Crippen molar-refractivity contribution in [3.63, 3.8) is 0 Å². The van der Waals surface area contributed by atoms with Gasteiger partial charge in [0.1, 0.15) is 18.2 Å². The van der Waals surface area contributed by atoms with E-state index in [0.29, 0.717) is 12.8 Å². The maximum absolute atomic E-state index is 12.6. The van der Waals surface area contributed by atoms with E-state index in [1.165, 1.54) is 26.2 Å². The van der Waals surface area contributed by atoms with E-state index in [0.717, 1.165) is 67.2 Å². The van der Waals surface area contributed by atoms with Crippen LogP contribution < -0.4 is 10.6 Å². The van der Waals surface area contributed by atoms with Gasteiger partial charge in [0.2, 0.25) is 5.91 Å². The fourth-order valence-corrected chi connectivity index (χ4v) is 5.74. The zero-order valence-corrected chi connectivity index (χ0v) is 27.6. The summed E-state index contributed by atoms with van der Waals surface area (Å²) in [5, 5.41) is 5.41. The van der Waals surface area contributed by atoms with Crippen LogP contribution in [0.25, 0.3) is 11.1 Å². The van der Waals surface area contributed by atoms with E-state index in [4.69, 9.17) is 9.47 Å². The minimum atomic E-state index is -0.845. The average Bonchev–Trinajstić information content (AvgIpc) is 3.31. The third kappa shape index (κ3) is 12.7. The Morgan fingerprint density at radius 1 is 0.733 bits per heavy atom. The van der Waals surface area contributed by atoms with Crippen LogP contribution in [-0.4, -0.2) is 48.5 Å². The number of carbonyl (C=O) groups excluding carboxylic acids is 4. The number of esters is 1. The van der Waals surface area contributed by atoms with Crippen LogP contribution in [0.15, 0.2) is 48.5 Å². The number of alkyl carbamates (subject to hydrolysis) is 1. The largest absolute Gasteiger partial charge is 0.460 e. The Hall–Kier alpha value is -3.68. The molecule has 0 aliphatic heterocycles. The van der Waals surface area contributed by atoms with Gasteiger partial charge in [-0.3, -0.25) is 14.4 Å². The molecule has 0 fully saturated rings. The highest BCUT2D eigenvalue weighted by molar-refractivity contribution is 5.86. The summed E-state index contributed by atoms with van der Waals surface area (Å²) in [7, 11) is 0. The predicted molar refractivity (Wildman–Crippen MR) is 177 cm³/mol. The number of hydrogen-bond donors (Lipinski definition) is 2. The summed E-state index contributed by atoms with van der Waals surface area (Å²) in [6.45, 7) is 7.26. The quantitative estimate of drug-likeness (QED) is 0.123. The molecule has 0 saturated carbocycles. The summed E-state index contributed by atoms with van der Waals surface area (Å²) >= 11 is 0. The van der Waals surface area contributed by atoms with E-state index in [-0.39, 0.29) is 36.7 Å². The van der Waals surface area contributed by atoms with E-state index in [1.54, 1.807) is 0 Å². The summed E-state index contributed by atoms with van der Waals surface area (Å²) in [4.78, 5) is 48.9. The Morgan fingerprint density at radius 2 is 1.22 bits per heavy atom. The third-order valence-electron chi connectivity index (χ3n) is 8.08. The molecule has 8 nitrogen and oxygen atoms in total. The number of nitrogens with one attached hydrogen (secondary N) is 2. The fourth-order valence-electron chi connectivity index (χ4n) is 5.74. The van der Waals surface area contributed by atoms with Gasteiger partial charge in [0, 0.05) is 25.3 Å². The molecule has 0 spiro atoms. The first-order chi connectivity index (χ1) is 21.5. The first kappa shape index (κ1) is 35.8. The van der Waals surface area contributed by atoms with Crippen LogP contribution in [0.4, 0.5) is 4.79 Å². The maximum atomic E-state index is 12.6. The van der Waals surface area contributed by atoms with Gasteiger partial charge in [-0.2, -0.15) is 0 Å². The second-order valence-corrected chi connectivity index (χ2v) is 13.1. The van der Waals surface area contributed by atoms with Crippen molar-refractivity contribution in [2.45, 2.75) is 122 Å². The highest BCUT2D eigenvalue weighted by Gasteiger charge is 2.29. The number of rotatable bonds is 19. The molecule has 8 heteroatoms. The van der Waals surface area contributed by atoms with Gasteiger partial charge in [0.15, 0.2) is 5.78 Å². The molecular weight excluding hydrogens is 568 g/mol. The van der Waals surface area contributed by atoms with Crippen LogP contribution in [0.5, 0.6) is 0 Å². The summed E-state index contributed by atoms with van der Waals surface area (Å²) in [6, 6.07) is 15.4. The molecule has 1 atom stereocenters. The number of ketones is 1. The minimum absolute atomic E-state index is 0.0378. The molecule has 246 valence electrons. The van der Waals surface area contributed by atoms with Crippen LogP contribution in [0.2, 0.25) is 0 Å². The van der Waals surface area contributed by atoms with E-state index in [1.807, 2.05) is 45.0 Å². The number of unbranched alkanes of at least 4 members (excludes halogenated alkanes) is 9. The minimum Gasteiger partial charge on any atom is -0.460 e. The lowest BCUT2D eigenvalue weighted by atomic mass is 9.98.